The number of anilines is 1. The van der Waals surface area contributed by atoms with E-state index >= 15 is 0 Å². The van der Waals surface area contributed by atoms with Gasteiger partial charge in [0.25, 0.3) is 5.91 Å². The van der Waals surface area contributed by atoms with Crippen LogP contribution in [0, 0.1) is 20.8 Å². The van der Waals surface area contributed by atoms with E-state index in [0.29, 0.717) is 23.6 Å². The van der Waals surface area contributed by atoms with Crippen LogP contribution in [0.4, 0.5) is 5.69 Å². The molecule has 0 spiro atoms. The van der Waals surface area contributed by atoms with Crippen molar-refractivity contribution in [2.24, 2.45) is 0 Å². The summed E-state index contributed by atoms with van der Waals surface area (Å²) in [6.45, 7) is 5.96. The third-order valence-electron chi connectivity index (χ3n) is 4.84. The zero-order valence-electron chi connectivity index (χ0n) is 18.1. The highest BCUT2D eigenvalue weighted by Gasteiger charge is 2.20. The molecule has 0 aliphatic heterocycles. The van der Waals surface area contributed by atoms with E-state index in [-0.39, 0.29) is 10.8 Å². The van der Waals surface area contributed by atoms with Crippen molar-refractivity contribution in [3.63, 3.8) is 0 Å². The molecule has 1 amide bonds. The van der Waals surface area contributed by atoms with Gasteiger partial charge >= 0.3 is 0 Å². The fraction of sp³-hybridized carbons (Fsp3) is 0.273. The van der Waals surface area contributed by atoms with Gasteiger partial charge < -0.3 is 10.1 Å². The van der Waals surface area contributed by atoms with Gasteiger partial charge in [0, 0.05) is 30.7 Å². The molecule has 0 aliphatic carbocycles. The van der Waals surface area contributed by atoms with Crippen LogP contribution in [0.2, 0.25) is 0 Å². The number of hydrogen-bond acceptors (Lipinski definition) is 6. The third kappa shape index (κ3) is 5.30. The summed E-state index contributed by atoms with van der Waals surface area (Å²) >= 11 is 1.57. The molecule has 0 saturated heterocycles. The molecule has 2 aromatic carbocycles. The summed E-state index contributed by atoms with van der Waals surface area (Å²) in [4.78, 5) is 17.2. The molecule has 0 radical (unpaired) electrons. The van der Waals surface area contributed by atoms with Crippen molar-refractivity contribution in [2.45, 2.75) is 32.3 Å². The second kappa shape index (κ2) is 9.17. The molecule has 7 nitrogen and oxygen atoms in total. The SMILES string of the molecule is Cc1nc(COc2ccc(C(=O)Nc3cc(S(=O)(=O)N(C)C)cc(C)c3C)cc2)cs1. The lowest BCUT2D eigenvalue weighted by Gasteiger charge is -2.16. The Morgan fingerprint density at radius 2 is 1.81 bits per heavy atom. The predicted octanol–water partition coefficient (Wildman–Crippen LogP) is 4.15. The Bertz CT molecular complexity index is 1200. The van der Waals surface area contributed by atoms with E-state index in [1.165, 1.54) is 20.2 Å². The highest BCUT2D eigenvalue weighted by Crippen LogP contribution is 2.26. The molecule has 3 aromatic rings. The summed E-state index contributed by atoms with van der Waals surface area (Å²) in [5.74, 6) is 0.303. The first-order valence-electron chi connectivity index (χ1n) is 9.57. The van der Waals surface area contributed by atoms with E-state index in [2.05, 4.69) is 10.3 Å². The molecule has 0 fully saturated rings. The van der Waals surface area contributed by atoms with Crippen molar-refractivity contribution in [3.8, 4) is 5.75 Å². The second-order valence-corrected chi connectivity index (χ2v) is 10.5. The molecule has 0 aliphatic rings. The molecule has 0 bridgehead atoms. The molecule has 9 heteroatoms. The number of nitrogens with one attached hydrogen (secondary N) is 1. The van der Waals surface area contributed by atoms with Crippen LogP contribution < -0.4 is 10.1 Å². The van der Waals surface area contributed by atoms with Crippen LogP contribution >= 0.6 is 11.3 Å². The van der Waals surface area contributed by atoms with Crippen LogP contribution in [0.15, 0.2) is 46.7 Å². The zero-order valence-corrected chi connectivity index (χ0v) is 19.7. The number of ether oxygens (including phenoxy) is 1. The van der Waals surface area contributed by atoms with Gasteiger partial charge in [-0.1, -0.05) is 0 Å². The van der Waals surface area contributed by atoms with Crippen LogP contribution in [0.1, 0.15) is 32.2 Å². The molecule has 31 heavy (non-hydrogen) atoms. The minimum atomic E-state index is -3.61. The standard InChI is InChI=1S/C22H25N3O4S2/c1-14-10-20(31(27,28)25(4)5)11-21(15(14)2)24-22(26)17-6-8-19(9-7-17)29-12-18-13-30-16(3)23-18/h6-11,13H,12H2,1-5H3,(H,24,26). The Kier molecular flexibility index (Phi) is 6.78. The van der Waals surface area contributed by atoms with E-state index in [1.807, 2.05) is 26.2 Å². The average molecular weight is 460 g/mol. The Balaban J connectivity index is 1.74. The number of nitrogens with zero attached hydrogens (tertiary/aromatic N) is 2. The summed E-state index contributed by atoms with van der Waals surface area (Å²) in [5.41, 5.74) is 3.35. The number of rotatable bonds is 7. The van der Waals surface area contributed by atoms with Crippen LogP contribution in [0.25, 0.3) is 0 Å². The summed E-state index contributed by atoms with van der Waals surface area (Å²) in [5, 5.41) is 5.76. The van der Waals surface area contributed by atoms with Crippen molar-refractivity contribution in [1.82, 2.24) is 9.29 Å². The summed E-state index contributed by atoms with van der Waals surface area (Å²) in [7, 11) is -0.663. The molecular formula is C22H25N3O4S2. The van der Waals surface area contributed by atoms with Crippen LogP contribution in [-0.4, -0.2) is 37.7 Å². The molecule has 1 N–H and O–H groups in total. The highest BCUT2D eigenvalue weighted by molar-refractivity contribution is 7.89. The lowest BCUT2D eigenvalue weighted by molar-refractivity contribution is 0.102. The molecule has 1 aromatic heterocycles. The fourth-order valence-corrected chi connectivity index (χ4v) is 4.46. The highest BCUT2D eigenvalue weighted by atomic mass is 32.2. The number of carbonyl (C=O) groups excluding carboxylic acids is 1. The number of sulfonamides is 1. The first-order valence-corrected chi connectivity index (χ1v) is 11.9. The summed E-state index contributed by atoms with van der Waals surface area (Å²) < 4.78 is 31.9. The normalized spacial score (nSPS) is 11.5. The van der Waals surface area contributed by atoms with Crippen molar-refractivity contribution in [2.75, 3.05) is 19.4 Å². The number of benzene rings is 2. The van der Waals surface area contributed by atoms with Crippen LogP contribution in [0.3, 0.4) is 0 Å². The first kappa shape index (κ1) is 22.9. The van der Waals surface area contributed by atoms with E-state index in [9.17, 15) is 13.2 Å². The zero-order chi connectivity index (χ0) is 22.8. The number of aromatic nitrogens is 1. The summed E-state index contributed by atoms with van der Waals surface area (Å²) in [6.07, 6.45) is 0. The Morgan fingerprint density at radius 3 is 2.39 bits per heavy atom. The molecule has 0 atom stereocenters. The van der Waals surface area contributed by atoms with Gasteiger partial charge in [-0.25, -0.2) is 17.7 Å². The van der Waals surface area contributed by atoms with E-state index in [1.54, 1.807) is 41.7 Å². The minimum Gasteiger partial charge on any atom is -0.487 e. The van der Waals surface area contributed by atoms with Crippen molar-refractivity contribution < 1.29 is 17.9 Å². The maximum absolute atomic E-state index is 12.7. The molecule has 0 unspecified atom stereocenters. The van der Waals surface area contributed by atoms with Gasteiger partial charge in [-0.05, 0) is 68.3 Å². The van der Waals surface area contributed by atoms with E-state index < -0.39 is 10.0 Å². The minimum absolute atomic E-state index is 0.136. The fourth-order valence-electron chi connectivity index (χ4n) is 2.84. The van der Waals surface area contributed by atoms with Gasteiger partial charge in [-0.2, -0.15) is 0 Å². The van der Waals surface area contributed by atoms with Gasteiger partial charge in [0.2, 0.25) is 10.0 Å². The largest absolute Gasteiger partial charge is 0.487 e. The summed E-state index contributed by atoms with van der Waals surface area (Å²) in [6, 6.07) is 9.87. The van der Waals surface area contributed by atoms with Crippen molar-refractivity contribution in [3.05, 3.63) is 69.2 Å². The monoisotopic (exact) mass is 459 g/mol. The average Bonchev–Trinajstić information content (AvgIpc) is 3.15. The maximum Gasteiger partial charge on any atom is 0.255 e. The molecule has 164 valence electrons. The number of aryl methyl sites for hydroxylation is 2. The van der Waals surface area contributed by atoms with Gasteiger partial charge in [0.15, 0.2) is 0 Å². The second-order valence-electron chi connectivity index (χ2n) is 7.33. The Hall–Kier alpha value is -2.75. The molecule has 0 saturated carbocycles. The number of thiazole rings is 1. The smallest absolute Gasteiger partial charge is 0.255 e. The maximum atomic E-state index is 12.7. The third-order valence-corrected chi connectivity index (χ3v) is 7.45. The van der Waals surface area contributed by atoms with Crippen LogP contribution in [-0.2, 0) is 16.6 Å². The van der Waals surface area contributed by atoms with Crippen LogP contribution in [0.5, 0.6) is 5.75 Å². The number of carbonyl (C=O) groups is 1. The van der Waals surface area contributed by atoms with E-state index in [0.717, 1.165) is 26.1 Å². The lowest BCUT2D eigenvalue weighted by Crippen LogP contribution is -2.23. The molecule has 1 heterocycles. The molecule has 3 rings (SSSR count). The quantitative estimate of drug-likeness (QED) is 0.573. The van der Waals surface area contributed by atoms with E-state index in [4.69, 9.17) is 4.74 Å². The van der Waals surface area contributed by atoms with Gasteiger partial charge in [-0.3, -0.25) is 4.79 Å². The Labute approximate surface area is 186 Å². The first-order chi connectivity index (χ1) is 14.6. The van der Waals surface area contributed by atoms with Crippen molar-refractivity contribution >= 4 is 33.0 Å². The lowest BCUT2D eigenvalue weighted by atomic mass is 10.1. The predicted molar refractivity (Wildman–Crippen MR) is 122 cm³/mol. The number of hydrogen-bond donors (Lipinski definition) is 1. The number of amides is 1. The van der Waals surface area contributed by atoms with Crippen molar-refractivity contribution in [1.29, 1.82) is 0 Å². The topological polar surface area (TPSA) is 88.6 Å². The van der Waals surface area contributed by atoms with Gasteiger partial charge in [0.1, 0.15) is 12.4 Å². The molecular weight excluding hydrogens is 434 g/mol. The Morgan fingerprint density at radius 1 is 1.13 bits per heavy atom. The van der Waals surface area contributed by atoms with Gasteiger partial charge in [-0.15, -0.1) is 11.3 Å². The van der Waals surface area contributed by atoms with Gasteiger partial charge in [0.05, 0.1) is 15.6 Å².